The van der Waals surface area contributed by atoms with Gasteiger partial charge in [-0.05, 0) is 26.7 Å². The summed E-state index contributed by atoms with van der Waals surface area (Å²) in [7, 11) is 0. The number of nitrogens with zero attached hydrogens (tertiary/aromatic N) is 1. The summed E-state index contributed by atoms with van der Waals surface area (Å²) in [6, 6.07) is 0. The Morgan fingerprint density at radius 2 is 2.12 bits per heavy atom. The first kappa shape index (κ1) is 13.0. The highest BCUT2D eigenvalue weighted by atomic mass is 16.4. The molecule has 0 aromatic heterocycles. The standard InChI is InChI=1S/C11H20N2O3/c1-11(2,7-12)10(16)13-5-3-4-8(6-13)9(14)15/h8H,3-7,12H2,1-2H3,(H,14,15)/t8-/m1/s1. The molecule has 3 N–H and O–H groups in total. The maximum Gasteiger partial charge on any atom is 0.308 e. The van der Waals surface area contributed by atoms with E-state index in [4.69, 9.17) is 10.8 Å². The van der Waals surface area contributed by atoms with Gasteiger partial charge in [-0.3, -0.25) is 9.59 Å². The average molecular weight is 228 g/mol. The van der Waals surface area contributed by atoms with Gasteiger partial charge in [-0.25, -0.2) is 0 Å². The number of aliphatic carboxylic acids is 1. The number of hydrogen-bond acceptors (Lipinski definition) is 3. The van der Waals surface area contributed by atoms with Gasteiger partial charge < -0.3 is 15.7 Å². The molecule has 1 aliphatic heterocycles. The highest BCUT2D eigenvalue weighted by Crippen LogP contribution is 2.23. The summed E-state index contributed by atoms with van der Waals surface area (Å²) >= 11 is 0. The molecular formula is C11H20N2O3. The van der Waals surface area contributed by atoms with Gasteiger partial charge in [0.1, 0.15) is 0 Å². The van der Waals surface area contributed by atoms with Crippen LogP contribution in [0.15, 0.2) is 0 Å². The van der Waals surface area contributed by atoms with E-state index in [9.17, 15) is 9.59 Å². The van der Waals surface area contributed by atoms with E-state index in [-0.39, 0.29) is 12.5 Å². The molecule has 1 amide bonds. The normalized spacial score (nSPS) is 21.9. The molecule has 5 heteroatoms. The summed E-state index contributed by atoms with van der Waals surface area (Å²) in [4.78, 5) is 24.6. The minimum absolute atomic E-state index is 0.0408. The van der Waals surface area contributed by atoms with E-state index in [1.165, 1.54) is 0 Å². The van der Waals surface area contributed by atoms with Gasteiger partial charge in [0.25, 0.3) is 0 Å². The molecule has 1 aliphatic rings. The molecule has 1 rings (SSSR count). The van der Waals surface area contributed by atoms with Crippen molar-refractivity contribution >= 4 is 11.9 Å². The lowest BCUT2D eigenvalue weighted by Gasteiger charge is -2.35. The predicted molar refractivity (Wildman–Crippen MR) is 59.8 cm³/mol. The predicted octanol–water partition coefficient (Wildman–Crippen LogP) is 0.295. The average Bonchev–Trinajstić information content (AvgIpc) is 2.28. The fourth-order valence-electron chi connectivity index (χ4n) is 1.88. The molecule has 1 atom stereocenters. The van der Waals surface area contributed by atoms with E-state index in [1.54, 1.807) is 18.7 Å². The van der Waals surface area contributed by atoms with E-state index in [0.717, 1.165) is 6.42 Å². The van der Waals surface area contributed by atoms with Crippen molar-refractivity contribution in [3.05, 3.63) is 0 Å². The Balaban J connectivity index is 2.67. The Bertz CT molecular complexity index is 289. The van der Waals surface area contributed by atoms with Gasteiger partial charge in [-0.2, -0.15) is 0 Å². The van der Waals surface area contributed by atoms with Crippen molar-refractivity contribution < 1.29 is 14.7 Å². The van der Waals surface area contributed by atoms with Gasteiger partial charge in [0, 0.05) is 19.6 Å². The lowest BCUT2D eigenvalue weighted by Crippen LogP contribution is -2.49. The van der Waals surface area contributed by atoms with Crippen LogP contribution in [0.3, 0.4) is 0 Å². The fraction of sp³-hybridized carbons (Fsp3) is 0.818. The number of carbonyl (C=O) groups excluding carboxylic acids is 1. The molecule has 92 valence electrons. The molecule has 1 saturated heterocycles. The van der Waals surface area contributed by atoms with Crippen LogP contribution in [0, 0.1) is 11.3 Å². The Morgan fingerprint density at radius 3 is 2.62 bits per heavy atom. The fourth-order valence-corrected chi connectivity index (χ4v) is 1.88. The third-order valence-electron chi connectivity index (χ3n) is 3.15. The van der Waals surface area contributed by atoms with Gasteiger partial charge in [-0.15, -0.1) is 0 Å². The topological polar surface area (TPSA) is 83.6 Å². The summed E-state index contributed by atoms with van der Waals surface area (Å²) in [5.41, 5.74) is 4.95. The summed E-state index contributed by atoms with van der Waals surface area (Å²) in [5, 5.41) is 8.94. The molecular weight excluding hydrogens is 208 g/mol. The number of likely N-dealkylation sites (tertiary alicyclic amines) is 1. The maximum atomic E-state index is 12.1. The van der Waals surface area contributed by atoms with Crippen LogP contribution >= 0.6 is 0 Å². The molecule has 5 nitrogen and oxygen atoms in total. The molecule has 0 bridgehead atoms. The zero-order valence-corrected chi connectivity index (χ0v) is 9.90. The molecule has 0 aromatic rings. The zero-order chi connectivity index (χ0) is 12.3. The maximum absolute atomic E-state index is 12.1. The van der Waals surface area contributed by atoms with E-state index in [2.05, 4.69) is 0 Å². The third-order valence-corrected chi connectivity index (χ3v) is 3.15. The van der Waals surface area contributed by atoms with Crippen LogP contribution in [0.1, 0.15) is 26.7 Å². The molecule has 16 heavy (non-hydrogen) atoms. The summed E-state index contributed by atoms with van der Waals surface area (Å²) in [6.45, 7) is 4.82. The van der Waals surface area contributed by atoms with Crippen molar-refractivity contribution in [1.29, 1.82) is 0 Å². The van der Waals surface area contributed by atoms with Crippen molar-refractivity contribution in [2.75, 3.05) is 19.6 Å². The van der Waals surface area contributed by atoms with Crippen molar-refractivity contribution in [3.63, 3.8) is 0 Å². The number of nitrogens with two attached hydrogens (primary N) is 1. The first-order valence-electron chi connectivity index (χ1n) is 5.60. The van der Waals surface area contributed by atoms with Gasteiger partial charge in [0.2, 0.25) is 5.91 Å². The molecule has 0 aliphatic carbocycles. The Hall–Kier alpha value is -1.10. The number of carboxylic acid groups (broad SMARTS) is 1. The largest absolute Gasteiger partial charge is 0.481 e. The van der Waals surface area contributed by atoms with E-state index in [0.29, 0.717) is 19.5 Å². The smallest absolute Gasteiger partial charge is 0.308 e. The van der Waals surface area contributed by atoms with Crippen LogP contribution in [0.25, 0.3) is 0 Å². The van der Waals surface area contributed by atoms with Gasteiger partial charge in [0.05, 0.1) is 11.3 Å². The minimum atomic E-state index is -0.817. The third kappa shape index (κ3) is 2.72. The molecule has 1 fully saturated rings. The summed E-state index contributed by atoms with van der Waals surface area (Å²) in [5.74, 6) is -1.28. The SMILES string of the molecule is CC(C)(CN)C(=O)N1CCC[C@@H](C(=O)O)C1. The lowest BCUT2D eigenvalue weighted by atomic mass is 9.89. The first-order valence-corrected chi connectivity index (χ1v) is 5.60. The van der Waals surface area contributed by atoms with Crippen LogP contribution in [0.2, 0.25) is 0 Å². The van der Waals surface area contributed by atoms with E-state index < -0.39 is 17.3 Å². The lowest BCUT2D eigenvalue weighted by molar-refractivity contribution is -0.148. The highest BCUT2D eigenvalue weighted by Gasteiger charge is 2.35. The second-order valence-corrected chi connectivity index (χ2v) is 5.02. The Kier molecular flexibility index (Phi) is 3.91. The number of piperidine rings is 1. The molecule has 1 heterocycles. The number of amides is 1. The Morgan fingerprint density at radius 1 is 1.50 bits per heavy atom. The van der Waals surface area contributed by atoms with Gasteiger partial charge in [-0.1, -0.05) is 0 Å². The van der Waals surface area contributed by atoms with Crippen molar-refractivity contribution in [3.8, 4) is 0 Å². The first-order chi connectivity index (χ1) is 7.38. The quantitative estimate of drug-likeness (QED) is 0.727. The molecule has 0 radical (unpaired) electrons. The van der Waals surface area contributed by atoms with Crippen LogP contribution in [-0.4, -0.2) is 41.5 Å². The summed E-state index contributed by atoms with van der Waals surface area (Å²) < 4.78 is 0. The number of carboxylic acids is 1. The van der Waals surface area contributed by atoms with Gasteiger partial charge in [0.15, 0.2) is 0 Å². The second-order valence-electron chi connectivity index (χ2n) is 5.02. The van der Waals surface area contributed by atoms with Crippen molar-refractivity contribution in [1.82, 2.24) is 4.90 Å². The second kappa shape index (κ2) is 4.82. The highest BCUT2D eigenvalue weighted by molar-refractivity contribution is 5.83. The van der Waals surface area contributed by atoms with Gasteiger partial charge >= 0.3 is 5.97 Å². The Labute approximate surface area is 95.6 Å². The molecule has 0 aromatic carbocycles. The van der Waals surface area contributed by atoms with E-state index in [1.807, 2.05) is 0 Å². The van der Waals surface area contributed by atoms with Crippen LogP contribution < -0.4 is 5.73 Å². The van der Waals surface area contributed by atoms with Crippen molar-refractivity contribution in [2.45, 2.75) is 26.7 Å². The van der Waals surface area contributed by atoms with Crippen LogP contribution in [-0.2, 0) is 9.59 Å². The summed E-state index contributed by atoms with van der Waals surface area (Å²) in [6.07, 6.45) is 1.41. The monoisotopic (exact) mass is 228 g/mol. The van der Waals surface area contributed by atoms with E-state index >= 15 is 0 Å². The van der Waals surface area contributed by atoms with Crippen LogP contribution in [0.4, 0.5) is 0 Å². The van der Waals surface area contributed by atoms with Crippen LogP contribution in [0.5, 0.6) is 0 Å². The molecule has 0 saturated carbocycles. The minimum Gasteiger partial charge on any atom is -0.481 e. The van der Waals surface area contributed by atoms with Crippen molar-refractivity contribution in [2.24, 2.45) is 17.1 Å². The molecule has 0 unspecified atom stereocenters. The number of rotatable bonds is 3. The number of carbonyl (C=O) groups is 2. The number of hydrogen-bond donors (Lipinski definition) is 2. The molecule has 0 spiro atoms. The zero-order valence-electron chi connectivity index (χ0n) is 9.90.